The highest BCUT2D eigenvalue weighted by Gasteiger charge is 2.05. The Bertz CT molecular complexity index is 565. The quantitative estimate of drug-likeness (QED) is 0.604. The summed E-state index contributed by atoms with van der Waals surface area (Å²) in [5, 5.41) is 4.43. The highest BCUT2D eigenvalue weighted by Crippen LogP contribution is 2.29. The minimum atomic E-state index is 0.592. The minimum Gasteiger partial charge on any atom is -0.397 e. The van der Waals surface area contributed by atoms with Crippen LogP contribution >= 0.6 is 11.3 Å². The lowest BCUT2D eigenvalue weighted by molar-refractivity contribution is 0.110. The maximum absolute atomic E-state index is 6.06. The summed E-state index contributed by atoms with van der Waals surface area (Å²) in [4.78, 5) is 4.49. The van der Waals surface area contributed by atoms with E-state index in [0.717, 1.165) is 52.8 Å². The third-order valence-corrected chi connectivity index (χ3v) is 3.83. The fourth-order valence-corrected chi connectivity index (χ4v) is 2.83. The van der Waals surface area contributed by atoms with Crippen molar-refractivity contribution in [3.05, 3.63) is 17.1 Å². The van der Waals surface area contributed by atoms with Gasteiger partial charge in [0.25, 0.3) is 0 Å². The molecule has 0 saturated heterocycles. The van der Waals surface area contributed by atoms with Crippen molar-refractivity contribution in [3.63, 3.8) is 0 Å². The highest BCUT2D eigenvalue weighted by molar-refractivity contribution is 7.18. The number of nitrogens with two attached hydrogens (primary N) is 1. The second-order valence-electron chi connectivity index (χ2n) is 5.39. The van der Waals surface area contributed by atoms with Gasteiger partial charge in [0.2, 0.25) is 0 Å². The number of aromatic nitrogens is 1. The number of nitrogens with one attached hydrogen (secondary N) is 1. The van der Waals surface area contributed by atoms with Crippen LogP contribution in [0.15, 0.2) is 12.1 Å². The molecule has 0 aliphatic heterocycles. The summed E-state index contributed by atoms with van der Waals surface area (Å²) < 4.78 is 6.70. The van der Waals surface area contributed by atoms with Gasteiger partial charge in [0.1, 0.15) is 0 Å². The van der Waals surface area contributed by atoms with Gasteiger partial charge in [-0.05, 0) is 31.4 Å². The molecule has 0 saturated carbocycles. The summed E-state index contributed by atoms with van der Waals surface area (Å²) in [6.45, 7) is 8.79. The van der Waals surface area contributed by atoms with Crippen molar-refractivity contribution in [2.45, 2.75) is 27.2 Å². The summed E-state index contributed by atoms with van der Waals surface area (Å²) in [5.41, 5.74) is 8.82. The Hall–Kier alpha value is -1.33. The van der Waals surface area contributed by atoms with E-state index in [-0.39, 0.29) is 0 Å². The average molecular weight is 293 g/mol. The Labute approximate surface area is 124 Å². The molecule has 4 nitrogen and oxygen atoms in total. The van der Waals surface area contributed by atoms with Crippen LogP contribution in [-0.4, -0.2) is 24.7 Å². The molecule has 0 unspecified atom stereocenters. The van der Waals surface area contributed by atoms with Crippen molar-refractivity contribution < 1.29 is 4.74 Å². The number of nitrogen functional groups attached to an aromatic ring is 1. The van der Waals surface area contributed by atoms with Crippen molar-refractivity contribution in [2.24, 2.45) is 5.92 Å². The summed E-state index contributed by atoms with van der Waals surface area (Å²) in [7, 11) is 0. The molecular weight excluding hydrogens is 270 g/mol. The van der Waals surface area contributed by atoms with Crippen LogP contribution in [0.5, 0.6) is 0 Å². The molecular formula is C15H23N3OS. The molecule has 0 aliphatic carbocycles. The lowest BCUT2D eigenvalue weighted by atomic mass is 10.2. The molecule has 1 aromatic carbocycles. The Balaban J connectivity index is 1.85. The molecule has 0 radical (unpaired) electrons. The Morgan fingerprint density at radius 1 is 1.40 bits per heavy atom. The molecule has 2 rings (SSSR count). The number of rotatable bonds is 7. The van der Waals surface area contributed by atoms with Crippen LogP contribution < -0.4 is 11.1 Å². The van der Waals surface area contributed by atoms with Gasteiger partial charge in [0.15, 0.2) is 0 Å². The Kier molecular flexibility index (Phi) is 5.20. The minimum absolute atomic E-state index is 0.592. The van der Waals surface area contributed by atoms with Crippen LogP contribution in [0.2, 0.25) is 0 Å². The zero-order chi connectivity index (χ0) is 14.5. The van der Waals surface area contributed by atoms with Gasteiger partial charge >= 0.3 is 0 Å². The fraction of sp³-hybridized carbons (Fsp3) is 0.533. The van der Waals surface area contributed by atoms with Crippen LogP contribution in [0.1, 0.15) is 25.3 Å². The number of benzene rings is 1. The third kappa shape index (κ3) is 4.08. The first-order valence-electron chi connectivity index (χ1n) is 7.04. The molecule has 0 spiro atoms. The number of ether oxygens (including phenoxy) is 1. The maximum Gasteiger partial charge on any atom is 0.0907 e. The zero-order valence-corrected chi connectivity index (χ0v) is 13.2. The fourth-order valence-electron chi connectivity index (χ4n) is 1.97. The SMILES string of the molecule is Cc1nc2cc(NCCCOCC(C)C)c(N)cc2s1. The normalized spacial score (nSPS) is 11.4. The van der Waals surface area contributed by atoms with E-state index in [9.17, 15) is 0 Å². The van der Waals surface area contributed by atoms with Crippen molar-refractivity contribution in [1.82, 2.24) is 4.98 Å². The number of nitrogens with zero attached hydrogens (tertiary/aromatic N) is 1. The topological polar surface area (TPSA) is 60.2 Å². The average Bonchev–Trinajstić information content (AvgIpc) is 2.72. The first-order valence-corrected chi connectivity index (χ1v) is 7.86. The molecule has 0 bridgehead atoms. The van der Waals surface area contributed by atoms with E-state index < -0.39 is 0 Å². The lowest BCUT2D eigenvalue weighted by Crippen LogP contribution is -2.09. The van der Waals surface area contributed by atoms with Crippen LogP contribution in [0, 0.1) is 12.8 Å². The largest absolute Gasteiger partial charge is 0.397 e. The number of anilines is 2. The molecule has 5 heteroatoms. The lowest BCUT2D eigenvalue weighted by Gasteiger charge is -2.10. The van der Waals surface area contributed by atoms with Crippen LogP contribution in [0.3, 0.4) is 0 Å². The van der Waals surface area contributed by atoms with Crippen molar-refractivity contribution in [1.29, 1.82) is 0 Å². The van der Waals surface area contributed by atoms with E-state index in [4.69, 9.17) is 10.5 Å². The van der Waals surface area contributed by atoms with E-state index in [1.807, 2.05) is 19.1 Å². The van der Waals surface area contributed by atoms with Crippen molar-refractivity contribution in [2.75, 3.05) is 30.8 Å². The Morgan fingerprint density at radius 3 is 2.95 bits per heavy atom. The predicted molar refractivity (Wildman–Crippen MR) is 87.5 cm³/mol. The first-order chi connectivity index (χ1) is 9.56. The molecule has 0 fully saturated rings. The van der Waals surface area contributed by atoms with Gasteiger partial charge in [-0.15, -0.1) is 11.3 Å². The number of hydrogen-bond acceptors (Lipinski definition) is 5. The number of aryl methyl sites for hydroxylation is 1. The maximum atomic E-state index is 6.06. The zero-order valence-electron chi connectivity index (χ0n) is 12.4. The van der Waals surface area contributed by atoms with Gasteiger partial charge in [-0.25, -0.2) is 4.98 Å². The predicted octanol–water partition coefficient (Wildman–Crippen LogP) is 3.66. The molecule has 1 aromatic heterocycles. The molecule has 2 aromatic rings. The van der Waals surface area contributed by atoms with Gasteiger partial charge in [0.05, 0.1) is 26.6 Å². The van der Waals surface area contributed by atoms with Crippen LogP contribution in [-0.2, 0) is 4.74 Å². The second kappa shape index (κ2) is 6.90. The van der Waals surface area contributed by atoms with E-state index in [1.54, 1.807) is 11.3 Å². The molecule has 0 atom stereocenters. The molecule has 0 aliphatic rings. The van der Waals surface area contributed by atoms with Crippen LogP contribution in [0.25, 0.3) is 10.2 Å². The third-order valence-electron chi connectivity index (χ3n) is 2.90. The monoisotopic (exact) mass is 293 g/mol. The van der Waals surface area contributed by atoms with Crippen LogP contribution in [0.4, 0.5) is 11.4 Å². The smallest absolute Gasteiger partial charge is 0.0907 e. The molecule has 1 heterocycles. The second-order valence-corrected chi connectivity index (χ2v) is 6.62. The van der Waals surface area contributed by atoms with Gasteiger partial charge in [0, 0.05) is 19.8 Å². The van der Waals surface area contributed by atoms with Crippen molar-refractivity contribution in [3.8, 4) is 0 Å². The summed E-state index contributed by atoms with van der Waals surface area (Å²) in [6.07, 6.45) is 0.973. The summed E-state index contributed by atoms with van der Waals surface area (Å²) in [6, 6.07) is 4.03. The number of thiazole rings is 1. The van der Waals surface area contributed by atoms with Gasteiger partial charge in [-0.2, -0.15) is 0 Å². The standard InChI is InChI=1S/C15H23N3OS/c1-10(2)9-19-6-4-5-17-13-8-14-15(7-12(13)16)20-11(3)18-14/h7-8,10,17H,4-6,9,16H2,1-3H3. The summed E-state index contributed by atoms with van der Waals surface area (Å²) in [5.74, 6) is 0.592. The molecule has 0 amide bonds. The van der Waals surface area contributed by atoms with E-state index >= 15 is 0 Å². The van der Waals surface area contributed by atoms with Crippen molar-refractivity contribution >= 4 is 32.9 Å². The highest BCUT2D eigenvalue weighted by atomic mass is 32.1. The number of hydrogen-bond donors (Lipinski definition) is 2. The molecule has 110 valence electrons. The molecule has 20 heavy (non-hydrogen) atoms. The van der Waals surface area contributed by atoms with E-state index in [2.05, 4.69) is 24.1 Å². The van der Waals surface area contributed by atoms with E-state index in [0.29, 0.717) is 5.92 Å². The first kappa shape index (κ1) is 15.1. The molecule has 3 N–H and O–H groups in total. The van der Waals surface area contributed by atoms with Gasteiger partial charge < -0.3 is 15.8 Å². The van der Waals surface area contributed by atoms with Gasteiger partial charge in [-0.1, -0.05) is 13.8 Å². The van der Waals surface area contributed by atoms with E-state index in [1.165, 1.54) is 0 Å². The van der Waals surface area contributed by atoms with Gasteiger partial charge in [-0.3, -0.25) is 0 Å². The Morgan fingerprint density at radius 2 is 2.20 bits per heavy atom. The summed E-state index contributed by atoms with van der Waals surface area (Å²) >= 11 is 1.67. The number of fused-ring (bicyclic) bond motifs is 1.